The maximum absolute atomic E-state index is 11.4. The monoisotopic (exact) mass is 228 g/mol. The van der Waals surface area contributed by atoms with E-state index in [1.54, 1.807) is 0 Å². The molecule has 0 aromatic rings. The van der Waals surface area contributed by atoms with Gasteiger partial charge < -0.3 is 15.4 Å². The van der Waals surface area contributed by atoms with Crippen LogP contribution in [0, 0.1) is 5.92 Å². The fraction of sp³-hybridized carbons (Fsp3) is 0.917. The van der Waals surface area contributed by atoms with Gasteiger partial charge >= 0.3 is 5.97 Å². The molecule has 0 bridgehead atoms. The Morgan fingerprint density at radius 2 is 2.12 bits per heavy atom. The Bertz CT molecular complexity index is 213. The molecule has 4 nitrogen and oxygen atoms in total. The molecular formula is C12H24N2O2. The number of carbonyl (C=O) groups excluding carboxylic acids is 1. The molecule has 1 aliphatic heterocycles. The molecule has 1 rings (SSSR count). The summed E-state index contributed by atoms with van der Waals surface area (Å²) in [6.07, 6.45) is 4.04. The van der Waals surface area contributed by atoms with E-state index in [0.29, 0.717) is 6.04 Å². The van der Waals surface area contributed by atoms with Crippen LogP contribution < -0.4 is 5.73 Å². The molecule has 1 atom stereocenters. The molecule has 0 radical (unpaired) electrons. The Morgan fingerprint density at radius 1 is 1.50 bits per heavy atom. The van der Waals surface area contributed by atoms with Crippen LogP contribution in [-0.2, 0) is 9.53 Å². The van der Waals surface area contributed by atoms with E-state index in [9.17, 15) is 4.79 Å². The summed E-state index contributed by atoms with van der Waals surface area (Å²) < 4.78 is 4.78. The molecule has 1 heterocycles. The fourth-order valence-electron chi connectivity index (χ4n) is 2.50. The van der Waals surface area contributed by atoms with Gasteiger partial charge in [-0.25, -0.2) is 0 Å². The van der Waals surface area contributed by atoms with Crippen LogP contribution >= 0.6 is 0 Å². The topological polar surface area (TPSA) is 55.6 Å². The third-order valence-corrected chi connectivity index (χ3v) is 3.55. The van der Waals surface area contributed by atoms with E-state index in [2.05, 4.69) is 11.8 Å². The van der Waals surface area contributed by atoms with Crippen LogP contribution in [0.5, 0.6) is 0 Å². The minimum atomic E-state index is -0.0495. The van der Waals surface area contributed by atoms with Gasteiger partial charge in [-0.15, -0.1) is 0 Å². The molecule has 2 N–H and O–H groups in total. The van der Waals surface area contributed by atoms with Crippen molar-refractivity contribution in [3.05, 3.63) is 0 Å². The second-order valence-corrected chi connectivity index (χ2v) is 4.47. The summed E-state index contributed by atoms with van der Waals surface area (Å²) in [6, 6.07) is 0.587. The summed E-state index contributed by atoms with van der Waals surface area (Å²) >= 11 is 0. The normalized spacial score (nSPS) is 20.7. The number of likely N-dealkylation sites (tertiary alicyclic amines) is 1. The van der Waals surface area contributed by atoms with Gasteiger partial charge in [0.2, 0.25) is 0 Å². The van der Waals surface area contributed by atoms with Crippen molar-refractivity contribution in [2.75, 3.05) is 26.7 Å². The number of methoxy groups -OCH3 is 1. The first-order chi connectivity index (χ1) is 7.72. The lowest BCUT2D eigenvalue weighted by molar-refractivity contribution is -0.147. The quantitative estimate of drug-likeness (QED) is 0.713. The molecule has 0 amide bonds. The first-order valence-corrected chi connectivity index (χ1v) is 6.24. The highest BCUT2D eigenvalue weighted by molar-refractivity contribution is 5.72. The second-order valence-electron chi connectivity index (χ2n) is 4.47. The lowest BCUT2D eigenvalue weighted by Crippen LogP contribution is -2.43. The molecule has 1 fully saturated rings. The van der Waals surface area contributed by atoms with E-state index in [4.69, 9.17) is 10.5 Å². The molecule has 0 aromatic heterocycles. The van der Waals surface area contributed by atoms with Crippen molar-refractivity contribution in [2.24, 2.45) is 11.7 Å². The van der Waals surface area contributed by atoms with Crippen LogP contribution in [0.25, 0.3) is 0 Å². The van der Waals surface area contributed by atoms with Gasteiger partial charge in [0.1, 0.15) is 0 Å². The highest BCUT2D eigenvalue weighted by atomic mass is 16.5. The Kier molecular flexibility index (Phi) is 5.77. The zero-order valence-corrected chi connectivity index (χ0v) is 10.4. The van der Waals surface area contributed by atoms with E-state index in [-0.39, 0.29) is 11.9 Å². The van der Waals surface area contributed by atoms with Gasteiger partial charge in [-0.05, 0) is 45.3 Å². The molecular weight excluding hydrogens is 204 g/mol. The van der Waals surface area contributed by atoms with Crippen LogP contribution in [0.4, 0.5) is 0 Å². The van der Waals surface area contributed by atoms with Crippen LogP contribution in [0.1, 0.15) is 32.6 Å². The van der Waals surface area contributed by atoms with Crippen molar-refractivity contribution in [1.29, 1.82) is 0 Å². The van der Waals surface area contributed by atoms with Gasteiger partial charge in [0.25, 0.3) is 0 Å². The zero-order chi connectivity index (χ0) is 12.0. The van der Waals surface area contributed by atoms with E-state index >= 15 is 0 Å². The number of esters is 1. The van der Waals surface area contributed by atoms with E-state index in [1.807, 2.05) is 0 Å². The van der Waals surface area contributed by atoms with Gasteiger partial charge in [-0.3, -0.25) is 4.79 Å². The molecule has 16 heavy (non-hydrogen) atoms. The first-order valence-electron chi connectivity index (χ1n) is 6.24. The van der Waals surface area contributed by atoms with E-state index in [1.165, 1.54) is 7.11 Å². The van der Waals surface area contributed by atoms with Crippen molar-refractivity contribution in [1.82, 2.24) is 4.90 Å². The van der Waals surface area contributed by atoms with E-state index in [0.717, 1.165) is 45.3 Å². The molecule has 1 aliphatic rings. The first kappa shape index (κ1) is 13.5. The highest BCUT2D eigenvalue weighted by Crippen LogP contribution is 2.21. The predicted octanol–water partition coefficient (Wildman–Crippen LogP) is 0.999. The molecule has 0 aromatic carbocycles. The number of nitrogens with two attached hydrogens (primary N) is 1. The minimum absolute atomic E-state index is 0.0495. The molecule has 1 saturated heterocycles. The third kappa shape index (κ3) is 3.46. The van der Waals surface area contributed by atoms with Crippen LogP contribution in [0.3, 0.4) is 0 Å². The average Bonchev–Trinajstić information content (AvgIpc) is 2.35. The molecule has 4 heteroatoms. The lowest BCUT2D eigenvalue weighted by Gasteiger charge is -2.36. The Hall–Kier alpha value is -0.610. The molecule has 0 saturated carbocycles. The number of piperidine rings is 1. The Morgan fingerprint density at radius 3 is 2.56 bits per heavy atom. The summed E-state index contributed by atoms with van der Waals surface area (Å²) in [7, 11) is 1.47. The predicted molar refractivity (Wildman–Crippen MR) is 64.1 cm³/mol. The number of carbonyl (C=O) groups is 1. The van der Waals surface area contributed by atoms with Crippen molar-refractivity contribution >= 4 is 5.97 Å². The standard InChI is InChI=1S/C12H24N2O2/c1-3-11(4-7-13)14-8-5-10(6-9-14)12(15)16-2/h10-11H,3-9,13H2,1-2H3. The van der Waals surface area contributed by atoms with Crippen molar-refractivity contribution in [2.45, 2.75) is 38.6 Å². The van der Waals surface area contributed by atoms with Crippen molar-refractivity contribution < 1.29 is 9.53 Å². The minimum Gasteiger partial charge on any atom is -0.469 e. The Labute approximate surface area is 98.1 Å². The molecule has 0 aliphatic carbocycles. The van der Waals surface area contributed by atoms with Crippen LogP contribution in [0.2, 0.25) is 0 Å². The van der Waals surface area contributed by atoms with Gasteiger partial charge in [0.05, 0.1) is 13.0 Å². The number of rotatable bonds is 5. The molecule has 1 unspecified atom stereocenters. The summed E-state index contributed by atoms with van der Waals surface area (Å²) in [4.78, 5) is 13.8. The maximum atomic E-state index is 11.4. The number of hydrogen-bond acceptors (Lipinski definition) is 4. The van der Waals surface area contributed by atoms with Gasteiger partial charge in [0.15, 0.2) is 0 Å². The third-order valence-electron chi connectivity index (χ3n) is 3.55. The van der Waals surface area contributed by atoms with Gasteiger partial charge in [-0.2, -0.15) is 0 Å². The molecule has 0 spiro atoms. The van der Waals surface area contributed by atoms with Crippen LogP contribution in [0.15, 0.2) is 0 Å². The van der Waals surface area contributed by atoms with Crippen LogP contribution in [-0.4, -0.2) is 43.7 Å². The number of hydrogen-bond donors (Lipinski definition) is 1. The number of nitrogens with zero attached hydrogens (tertiary/aromatic N) is 1. The highest BCUT2D eigenvalue weighted by Gasteiger charge is 2.28. The van der Waals surface area contributed by atoms with Gasteiger partial charge in [0, 0.05) is 6.04 Å². The smallest absolute Gasteiger partial charge is 0.308 e. The maximum Gasteiger partial charge on any atom is 0.308 e. The fourth-order valence-corrected chi connectivity index (χ4v) is 2.50. The van der Waals surface area contributed by atoms with Crippen molar-refractivity contribution in [3.63, 3.8) is 0 Å². The Balaban J connectivity index is 2.38. The summed E-state index contributed by atoms with van der Waals surface area (Å²) in [5, 5.41) is 0. The average molecular weight is 228 g/mol. The summed E-state index contributed by atoms with van der Waals surface area (Å²) in [6.45, 7) is 4.94. The second kappa shape index (κ2) is 6.86. The van der Waals surface area contributed by atoms with Gasteiger partial charge in [-0.1, -0.05) is 6.92 Å². The lowest BCUT2D eigenvalue weighted by atomic mass is 9.95. The van der Waals surface area contributed by atoms with E-state index < -0.39 is 0 Å². The summed E-state index contributed by atoms with van der Waals surface area (Å²) in [5.41, 5.74) is 5.61. The van der Waals surface area contributed by atoms with Crippen molar-refractivity contribution in [3.8, 4) is 0 Å². The summed E-state index contributed by atoms with van der Waals surface area (Å²) in [5.74, 6) is 0.0585. The SMILES string of the molecule is CCC(CCN)N1CCC(C(=O)OC)CC1. The zero-order valence-electron chi connectivity index (χ0n) is 10.4. The largest absolute Gasteiger partial charge is 0.469 e. The molecule has 94 valence electrons. The number of ether oxygens (including phenoxy) is 1.